The Morgan fingerprint density at radius 2 is 1.38 bits per heavy atom. The van der Waals surface area contributed by atoms with Crippen molar-refractivity contribution in [1.29, 1.82) is 0 Å². The van der Waals surface area contributed by atoms with Crippen LogP contribution >= 0.6 is 0 Å². The van der Waals surface area contributed by atoms with E-state index in [2.05, 4.69) is 13.8 Å². The lowest BCUT2D eigenvalue weighted by Crippen LogP contribution is -2.01. The van der Waals surface area contributed by atoms with Gasteiger partial charge in [-0.05, 0) is 12.3 Å². The summed E-state index contributed by atoms with van der Waals surface area (Å²) in [6.07, 6.45) is 15.1. The Hall–Kier alpha value is -0.330. The van der Waals surface area contributed by atoms with Gasteiger partial charge in [-0.2, -0.15) is 0 Å². The molecule has 0 aliphatic carbocycles. The summed E-state index contributed by atoms with van der Waals surface area (Å²) in [5.74, 6) is 0.929. The standard InChI is InChI=1S/C15H30O/c1-3-5-8-12-15(11-6-4-2)13-9-7-10-14-16/h14-15H,3-13H2,1-2H3. The molecule has 0 bridgehead atoms. The van der Waals surface area contributed by atoms with Crippen LogP contribution < -0.4 is 0 Å². The maximum absolute atomic E-state index is 10.2. The number of rotatable bonds is 12. The average molecular weight is 226 g/mol. The molecule has 0 saturated carbocycles. The van der Waals surface area contributed by atoms with Crippen LogP contribution in [-0.4, -0.2) is 6.29 Å². The third-order valence-corrected chi connectivity index (χ3v) is 3.37. The van der Waals surface area contributed by atoms with E-state index in [0.29, 0.717) is 0 Å². The number of hydrogen-bond acceptors (Lipinski definition) is 1. The molecule has 1 nitrogen and oxygen atoms in total. The first-order chi connectivity index (χ1) is 7.85. The molecule has 0 aromatic carbocycles. The Kier molecular flexibility index (Phi) is 12.5. The normalized spacial score (nSPS) is 12.6. The van der Waals surface area contributed by atoms with Crippen LogP contribution in [0.2, 0.25) is 0 Å². The van der Waals surface area contributed by atoms with Crippen molar-refractivity contribution in [3.63, 3.8) is 0 Å². The zero-order valence-electron chi connectivity index (χ0n) is 11.3. The van der Waals surface area contributed by atoms with Crippen molar-refractivity contribution in [2.45, 2.75) is 84.5 Å². The van der Waals surface area contributed by atoms with E-state index in [4.69, 9.17) is 0 Å². The zero-order valence-corrected chi connectivity index (χ0v) is 11.3. The molecule has 1 heteroatoms. The average Bonchev–Trinajstić information content (AvgIpc) is 2.31. The van der Waals surface area contributed by atoms with Crippen molar-refractivity contribution in [1.82, 2.24) is 0 Å². The topological polar surface area (TPSA) is 17.1 Å². The highest BCUT2D eigenvalue weighted by molar-refractivity contribution is 5.48. The molecule has 16 heavy (non-hydrogen) atoms. The van der Waals surface area contributed by atoms with Gasteiger partial charge in [-0.15, -0.1) is 0 Å². The molecule has 1 atom stereocenters. The van der Waals surface area contributed by atoms with Crippen molar-refractivity contribution in [3.05, 3.63) is 0 Å². The molecule has 0 N–H and O–H groups in total. The van der Waals surface area contributed by atoms with Crippen LogP contribution in [0.3, 0.4) is 0 Å². The summed E-state index contributed by atoms with van der Waals surface area (Å²) >= 11 is 0. The molecule has 0 aromatic rings. The van der Waals surface area contributed by atoms with E-state index < -0.39 is 0 Å². The second-order valence-electron chi connectivity index (χ2n) is 4.96. The van der Waals surface area contributed by atoms with Crippen LogP contribution in [0.5, 0.6) is 0 Å². The van der Waals surface area contributed by atoms with Crippen LogP contribution in [0.25, 0.3) is 0 Å². The maximum Gasteiger partial charge on any atom is 0.119 e. The van der Waals surface area contributed by atoms with Gasteiger partial charge in [0.05, 0.1) is 0 Å². The smallest absolute Gasteiger partial charge is 0.119 e. The monoisotopic (exact) mass is 226 g/mol. The summed E-state index contributed by atoms with van der Waals surface area (Å²) < 4.78 is 0. The first-order valence-electron chi connectivity index (χ1n) is 7.28. The SMILES string of the molecule is CCCCCC(CCCC)CCCCC=O. The summed E-state index contributed by atoms with van der Waals surface area (Å²) in [4.78, 5) is 10.2. The van der Waals surface area contributed by atoms with Gasteiger partial charge in [0.2, 0.25) is 0 Å². The number of carbonyl (C=O) groups excluding carboxylic acids is 1. The second kappa shape index (κ2) is 12.7. The van der Waals surface area contributed by atoms with Crippen molar-refractivity contribution in [2.24, 2.45) is 5.92 Å². The van der Waals surface area contributed by atoms with Crippen molar-refractivity contribution in [2.75, 3.05) is 0 Å². The Bertz CT molecular complexity index is 142. The summed E-state index contributed by atoms with van der Waals surface area (Å²) in [7, 11) is 0. The molecule has 0 spiro atoms. The largest absolute Gasteiger partial charge is 0.303 e. The Labute approximate surface area is 102 Å². The highest BCUT2D eigenvalue weighted by Crippen LogP contribution is 2.22. The Balaban J connectivity index is 3.58. The second-order valence-corrected chi connectivity index (χ2v) is 4.96. The van der Waals surface area contributed by atoms with Crippen molar-refractivity contribution in [3.8, 4) is 0 Å². The highest BCUT2D eigenvalue weighted by Gasteiger charge is 2.07. The van der Waals surface area contributed by atoms with Crippen molar-refractivity contribution >= 4 is 6.29 Å². The minimum Gasteiger partial charge on any atom is -0.303 e. The molecular weight excluding hydrogens is 196 g/mol. The first kappa shape index (κ1) is 15.7. The zero-order chi connectivity index (χ0) is 12.1. The molecule has 0 fully saturated rings. The van der Waals surface area contributed by atoms with Crippen LogP contribution in [0.4, 0.5) is 0 Å². The molecule has 1 unspecified atom stereocenters. The molecular formula is C15H30O. The minimum atomic E-state index is 0.759. The van der Waals surface area contributed by atoms with Crippen LogP contribution in [0, 0.1) is 5.92 Å². The molecule has 0 aliphatic heterocycles. The molecule has 0 radical (unpaired) electrons. The van der Waals surface area contributed by atoms with E-state index in [1.807, 2.05) is 0 Å². The van der Waals surface area contributed by atoms with Gasteiger partial charge in [-0.1, -0.05) is 71.6 Å². The molecule has 0 saturated heterocycles. The summed E-state index contributed by atoms with van der Waals surface area (Å²) in [6.45, 7) is 4.54. The van der Waals surface area contributed by atoms with Gasteiger partial charge in [0, 0.05) is 6.42 Å². The van der Waals surface area contributed by atoms with Gasteiger partial charge in [-0.3, -0.25) is 0 Å². The van der Waals surface area contributed by atoms with Gasteiger partial charge < -0.3 is 4.79 Å². The summed E-state index contributed by atoms with van der Waals surface area (Å²) in [6, 6.07) is 0. The number of hydrogen-bond donors (Lipinski definition) is 0. The first-order valence-corrected chi connectivity index (χ1v) is 7.28. The van der Waals surface area contributed by atoms with Gasteiger partial charge in [-0.25, -0.2) is 0 Å². The predicted octanol–water partition coefficient (Wildman–Crippen LogP) is 5.13. The molecule has 0 aromatic heterocycles. The summed E-state index contributed by atoms with van der Waals surface area (Å²) in [5.41, 5.74) is 0. The van der Waals surface area contributed by atoms with Gasteiger partial charge in [0.25, 0.3) is 0 Å². The number of unbranched alkanes of at least 4 members (excludes halogenated alkanes) is 5. The highest BCUT2D eigenvalue weighted by atomic mass is 16.1. The Morgan fingerprint density at radius 1 is 0.812 bits per heavy atom. The van der Waals surface area contributed by atoms with Crippen molar-refractivity contribution < 1.29 is 4.79 Å². The lowest BCUT2D eigenvalue weighted by Gasteiger charge is -2.16. The van der Waals surface area contributed by atoms with Gasteiger partial charge in [0.15, 0.2) is 0 Å². The third-order valence-electron chi connectivity index (χ3n) is 3.37. The quantitative estimate of drug-likeness (QED) is 0.333. The lowest BCUT2D eigenvalue weighted by molar-refractivity contribution is -0.107. The fourth-order valence-electron chi connectivity index (χ4n) is 2.27. The van der Waals surface area contributed by atoms with E-state index >= 15 is 0 Å². The number of carbonyl (C=O) groups is 1. The molecule has 0 aliphatic rings. The summed E-state index contributed by atoms with van der Waals surface area (Å²) in [5, 5.41) is 0. The van der Waals surface area contributed by atoms with E-state index in [9.17, 15) is 4.79 Å². The number of aldehydes is 1. The van der Waals surface area contributed by atoms with E-state index in [1.54, 1.807) is 0 Å². The maximum atomic E-state index is 10.2. The fourth-order valence-corrected chi connectivity index (χ4v) is 2.27. The van der Waals surface area contributed by atoms with E-state index in [0.717, 1.165) is 25.0 Å². The van der Waals surface area contributed by atoms with E-state index in [1.165, 1.54) is 57.8 Å². The van der Waals surface area contributed by atoms with Gasteiger partial charge >= 0.3 is 0 Å². The Morgan fingerprint density at radius 3 is 1.94 bits per heavy atom. The van der Waals surface area contributed by atoms with Crippen LogP contribution in [0.15, 0.2) is 0 Å². The molecule has 0 amide bonds. The van der Waals surface area contributed by atoms with E-state index in [-0.39, 0.29) is 0 Å². The minimum absolute atomic E-state index is 0.759. The third kappa shape index (κ3) is 10.2. The predicted molar refractivity (Wildman–Crippen MR) is 71.7 cm³/mol. The van der Waals surface area contributed by atoms with Crippen LogP contribution in [-0.2, 0) is 4.79 Å². The molecule has 96 valence electrons. The fraction of sp³-hybridized carbons (Fsp3) is 0.933. The molecule has 0 heterocycles. The lowest BCUT2D eigenvalue weighted by atomic mass is 9.90. The molecule has 0 rings (SSSR count). The van der Waals surface area contributed by atoms with Crippen LogP contribution in [0.1, 0.15) is 84.5 Å². The van der Waals surface area contributed by atoms with Gasteiger partial charge in [0.1, 0.15) is 6.29 Å².